The van der Waals surface area contributed by atoms with E-state index in [0.29, 0.717) is 13.0 Å². The van der Waals surface area contributed by atoms with Crippen molar-refractivity contribution < 1.29 is 14.3 Å². The number of carbonyl (C=O) groups is 2. The maximum absolute atomic E-state index is 12.1. The summed E-state index contributed by atoms with van der Waals surface area (Å²) < 4.78 is 5.07. The Labute approximate surface area is 169 Å². The molecule has 0 atom stereocenters. The number of H-pyrrole nitrogens is 1. The van der Waals surface area contributed by atoms with E-state index in [2.05, 4.69) is 15.3 Å². The zero-order valence-electron chi connectivity index (χ0n) is 14.8. The number of benzene rings is 1. The third kappa shape index (κ3) is 4.13. The van der Waals surface area contributed by atoms with E-state index in [9.17, 15) is 9.59 Å². The van der Waals surface area contributed by atoms with Gasteiger partial charge in [0.25, 0.3) is 5.91 Å². The van der Waals surface area contributed by atoms with Gasteiger partial charge in [0.1, 0.15) is 5.01 Å². The van der Waals surface area contributed by atoms with Crippen LogP contribution >= 0.6 is 22.7 Å². The number of rotatable bonds is 7. The molecule has 8 heteroatoms. The topological polar surface area (TPSA) is 84.1 Å². The molecule has 142 valence electrons. The second kappa shape index (κ2) is 8.37. The Hall–Kier alpha value is -2.97. The summed E-state index contributed by atoms with van der Waals surface area (Å²) in [5.41, 5.74) is 2.43. The number of carbonyl (C=O) groups excluding carboxylic acids is 2. The van der Waals surface area contributed by atoms with Gasteiger partial charge in [-0.15, -0.1) is 22.7 Å². The van der Waals surface area contributed by atoms with Crippen molar-refractivity contribution >= 4 is 45.5 Å². The Morgan fingerprint density at radius 1 is 1.14 bits per heavy atom. The van der Waals surface area contributed by atoms with Gasteiger partial charge in [0.15, 0.2) is 12.3 Å². The van der Waals surface area contributed by atoms with Crippen LogP contribution in [0, 0.1) is 0 Å². The lowest BCUT2D eigenvalue weighted by molar-refractivity contribution is -0.124. The number of ether oxygens (including phenoxy) is 1. The van der Waals surface area contributed by atoms with Crippen LogP contribution in [-0.4, -0.2) is 35.0 Å². The number of hydrogen-bond acceptors (Lipinski definition) is 6. The monoisotopic (exact) mass is 411 g/mol. The molecule has 0 spiro atoms. The van der Waals surface area contributed by atoms with Gasteiger partial charge in [-0.1, -0.05) is 24.3 Å². The molecule has 0 aliphatic rings. The number of nitrogens with zero attached hydrogens (tertiary/aromatic N) is 1. The van der Waals surface area contributed by atoms with Crippen molar-refractivity contribution in [2.24, 2.45) is 0 Å². The first-order valence-corrected chi connectivity index (χ1v) is 10.4. The van der Waals surface area contributed by atoms with Gasteiger partial charge in [0, 0.05) is 29.0 Å². The molecular weight excluding hydrogens is 394 g/mol. The van der Waals surface area contributed by atoms with Crippen molar-refractivity contribution in [2.75, 3.05) is 13.2 Å². The average Bonchev–Trinajstić information content (AvgIpc) is 3.46. The van der Waals surface area contributed by atoms with E-state index < -0.39 is 5.97 Å². The molecule has 4 aromatic rings. The lowest BCUT2D eigenvalue weighted by Crippen LogP contribution is -2.30. The zero-order chi connectivity index (χ0) is 19.3. The number of hydrogen-bond donors (Lipinski definition) is 2. The van der Waals surface area contributed by atoms with Gasteiger partial charge >= 0.3 is 5.97 Å². The summed E-state index contributed by atoms with van der Waals surface area (Å²) in [6, 6.07) is 11.9. The van der Waals surface area contributed by atoms with Crippen LogP contribution in [0.25, 0.3) is 20.8 Å². The third-order valence-corrected chi connectivity index (χ3v) is 6.05. The molecule has 0 fully saturated rings. The van der Waals surface area contributed by atoms with Crippen LogP contribution < -0.4 is 5.32 Å². The fourth-order valence-electron chi connectivity index (χ4n) is 2.81. The molecule has 4 rings (SSSR count). The molecule has 0 aliphatic carbocycles. The number of aromatic nitrogens is 2. The Morgan fingerprint density at radius 3 is 2.89 bits per heavy atom. The van der Waals surface area contributed by atoms with E-state index in [1.165, 1.54) is 11.3 Å². The Bertz CT molecular complexity index is 1100. The highest BCUT2D eigenvalue weighted by atomic mass is 32.1. The van der Waals surface area contributed by atoms with Crippen LogP contribution in [0.15, 0.2) is 53.4 Å². The minimum atomic E-state index is -0.592. The summed E-state index contributed by atoms with van der Waals surface area (Å²) >= 11 is 2.94. The molecule has 0 bridgehead atoms. The maximum Gasteiger partial charge on any atom is 0.358 e. The van der Waals surface area contributed by atoms with Crippen molar-refractivity contribution in [1.82, 2.24) is 15.3 Å². The molecule has 0 radical (unpaired) electrons. The zero-order valence-corrected chi connectivity index (χ0v) is 16.4. The molecule has 0 aliphatic heterocycles. The Kier molecular flexibility index (Phi) is 5.50. The highest BCUT2D eigenvalue weighted by Crippen LogP contribution is 2.27. The Balaban J connectivity index is 1.24. The lowest BCUT2D eigenvalue weighted by Gasteiger charge is -2.05. The second-order valence-corrected chi connectivity index (χ2v) is 7.86. The molecule has 0 saturated carbocycles. The van der Waals surface area contributed by atoms with Gasteiger partial charge in [-0.05, 0) is 29.5 Å². The smallest absolute Gasteiger partial charge is 0.358 e. The summed E-state index contributed by atoms with van der Waals surface area (Å²) in [6.45, 7) is 0.149. The van der Waals surface area contributed by atoms with Crippen LogP contribution in [0.3, 0.4) is 0 Å². The molecule has 0 saturated heterocycles. The van der Waals surface area contributed by atoms with Crippen molar-refractivity contribution in [2.45, 2.75) is 6.42 Å². The normalized spacial score (nSPS) is 10.9. The van der Waals surface area contributed by atoms with Crippen LogP contribution in [-0.2, 0) is 16.0 Å². The summed E-state index contributed by atoms with van der Waals surface area (Å²) in [5.74, 6) is -0.923. The second-order valence-electron chi connectivity index (χ2n) is 6.05. The fraction of sp³-hybridized carbons (Fsp3) is 0.150. The van der Waals surface area contributed by atoms with E-state index in [4.69, 9.17) is 4.74 Å². The van der Waals surface area contributed by atoms with E-state index in [-0.39, 0.29) is 18.2 Å². The lowest BCUT2D eigenvalue weighted by atomic mass is 10.1. The summed E-state index contributed by atoms with van der Waals surface area (Å²) in [4.78, 5) is 32.5. The summed E-state index contributed by atoms with van der Waals surface area (Å²) in [6.07, 6.45) is 2.64. The molecule has 3 heterocycles. The van der Waals surface area contributed by atoms with Crippen molar-refractivity contribution in [3.63, 3.8) is 0 Å². The van der Waals surface area contributed by atoms with Gasteiger partial charge in [0.05, 0.1) is 4.88 Å². The number of amides is 1. The predicted octanol–water partition coefficient (Wildman–Crippen LogP) is 3.87. The van der Waals surface area contributed by atoms with E-state index >= 15 is 0 Å². The highest BCUT2D eigenvalue weighted by molar-refractivity contribution is 7.20. The van der Waals surface area contributed by atoms with Gasteiger partial charge in [-0.25, -0.2) is 9.78 Å². The minimum absolute atomic E-state index is 0.222. The number of nitrogens with one attached hydrogen (secondary N) is 2. The molecule has 1 amide bonds. The molecule has 3 aromatic heterocycles. The van der Waals surface area contributed by atoms with Crippen molar-refractivity contribution in [3.05, 3.63) is 64.6 Å². The van der Waals surface area contributed by atoms with Gasteiger partial charge in [-0.3, -0.25) is 4.79 Å². The maximum atomic E-state index is 12.1. The van der Waals surface area contributed by atoms with Crippen LogP contribution in [0.4, 0.5) is 0 Å². The number of esters is 1. The molecule has 6 nitrogen and oxygen atoms in total. The first kappa shape index (κ1) is 18.4. The molecule has 2 N–H and O–H groups in total. The van der Waals surface area contributed by atoms with Crippen LogP contribution in [0.2, 0.25) is 0 Å². The largest absolute Gasteiger partial charge is 0.451 e. The van der Waals surface area contributed by atoms with Crippen molar-refractivity contribution in [3.8, 4) is 9.88 Å². The van der Waals surface area contributed by atoms with E-state index in [0.717, 1.165) is 26.4 Å². The first-order valence-electron chi connectivity index (χ1n) is 8.69. The van der Waals surface area contributed by atoms with Gasteiger partial charge in [0.2, 0.25) is 0 Å². The SMILES string of the molecule is O=C(COC(=O)c1csc(-c2cccs2)n1)NCCc1c[nH]c2ccccc12. The molecule has 28 heavy (non-hydrogen) atoms. The van der Waals surface area contributed by atoms with E-state index in [1.807, 2.05) is 48.0 Å². The number of aromatic amines is 1. The third-order valence-electron chi connectivity index (χ3n) is 4.17. The highest BCUT2D eigenvalue weighted by Gasteiger charge is 2.15. The van der Waals surface area contributed by atoms with Crippen LogP contribution in [0.5, 0.6) is 0 Å². The number of thiazole rings is 1. The average molecular weight is 412 g/mol. The van der Waals surface area contributed by atoms with Crippen molar-refractivity contribution in [1.29, 1.82) is 0 Å². The standard InChI is InChI=1S/C20H17N3O3S2/c24-18(21-8-7-13-10-22-15-5-2-1-4-14(13)15)11-26-20(25)16-12-28-19(23-16)17-6-3-9-27-17/h1-6,9-10,12,22H,7-8,11H2,(H,21,24). The van der Waals surface area contributed by atoms with Crippen LogP contribution in [0.1, 0.15) is 16.1 Å². The molecule has 0 unspecified atom stereocenters. The fourth-order valence-corrected chi connectivity index (χ4v) is 4.42. The Morgan fingerprint density at radius 2 is 2.04 bits per heavy atom. The van der Waals surface area contributed by atoms with E-state index in [1.54, 1.807) is 16.7 Å². The van der Waals surface area contributed by atoms with Gasteiger partial charge in [-0.2, -0.15) is 0 Å². The minimum Gasteiger partial charge on any atom is -0.451 e. The first-order chi connectivity index (χ1) is 13.7. The summed E-state index contributed by atoms with van der Waals surface area (Å²) in [5, 5.41) is 8.29. The quantitative estimate of drug-likeness (QED) is 0.452. The number of para-hydroxylation sites is 1. The molecule has 1 aromatic carbocycles. The number of thiophene rings is 1. The van der Waals surface area contributed by atoms with Gasteiger partial charge < -0.3 is 15.0 Å². The molecular formula is C20H17N3O3S2. The predicted molar refractivity (Wildman–Crippen MR) is 111 cm³/mol. The number of fused-ring (bicyclic) bond motifs is 1. The summed E-state index contributed by atoms with van der Waals surface area (Å²) in [7, 11) is 0.